The zero-order chi connectivity index (χ0) is 16.1. The van der Waals surface area contributed by atoms with E-state index in [2.05, 4.69) is 5.32 Å². The highest BCUT2D eigenvalue weighted by Gasteiger charge is 2.34. The minimum Gasteiger partial charge on any atom is -0.313 e. The summed E-state index contributed by atoms with van der Waals surface area (Å²) in [5.41, 5.74) is 0.713. The molecule has 0 fully saturated rings. The molecule has 8 heteroatoms. The van der Waals surface area contributed by atoms with Crippen LogP contribution in [0.3, 0.4) is 0 Å². The standard InChI is InChI=1S/C13H19F3N2O2S/c1-3-7-17-9-11-5-4-6-12(8-11)21(19,20)18(2)10-13(14,15)16/h4-6,8,17H,3,7,9-10H2,1-2H3. The lowest BCUT2D eigenvalue weighted by Gasteiger charge is -2.19. The van der Waals surface area contributed by atoms with Crippen LogP contribution >= 0.6 is 0 Å². The van der Waals surface area contributed by atoms with Gasteiger partial charge in [0.1, 0.15) is 6.54 Å². The van der Waals surface area contributed by atoms with Gasteiger partial charge < -0.3 is 5.32 Å². The molecule has 0 saturated carbocycles. The fourth-order valence-electron chi connectivity index (χ4n) is 1.74. The van der Waals surface area contributed by atoms with E-state index >= 15 is 0 Å². The summed E-state index contributed by atoms with van der Waals surface area (Å²) < 4.78 is 61.5. The van der Waals surface area contributed by atoms with Crippen LogP contribution in [0, 0.1) is 0 Å². The molecule has 0 aromatic heterocycles. The van der Waals surface area contributed by atoms with E-state index in [-0.39, 0.29) is 4.90 Å². The van der Waals surface area contributed by atoms with Gasteiger partial charge in [0.15, 0.2) is 0 Å². The second-order valence-electron chi connectivity index (χ2n) is 4.70. The van der Waals surface area contributed by atoms with Crippen LogP contribution in [0.2, 0.25) is 0 Å². The number of benzene rings is 1. The van der Waals surface area contributed by atoms with Gasteiger partial charge in [0, 0.05) is 13.6 Å². The van der Waals surface area contributed by atoms with E-state index in [1.54, 1.807) is 6.07 Å². The number of sulfonamides is 1. The largest absolute Gasteiger partial charge is 0.402 e. The van der Waals surface area contributed by atoms with Crippen LogP contribution in [0.25, 0.3) is 0 Å². The van der Waals surface area contributed by atoms with Gasteiger partial charge in [0.25, 0.3) is 0 Å². The van der Waals surface area contributed by atoms with Crippen molar-refractivity contribution in [3.63, 3.8) is 0 Å². The molecule has 0 saturated heterocycles. The Morgan fingerprint density at radius 2 is 1.95 bits per heavy atom. The maximum Gasteiger partial charge on any atom is 0.402 e. The minimum absolute atomic E-state index is 0.134. The Morgan fingerprint density at radius 3 is 2.52 bits per heavy atom. The summed E-state index contributed by atoms with van der Waals surface area (Å²) in [7, 11) is -3.22. The summed E-state index contributed by atoms with van der Waals surface area (Å²) in [4.78, 5) is -0.134. The molecule has 0 heterocycles. The topological polar surface area (TPSA) is 49.4 Å². The van der Waals surface area contributed by atoms with Crippen molar-refractivity contribution in [1.82, 2.24) is 9.62 Å². The van der Waals surface area contributed by atoms with E-state index in [9.17, 15) is 21.6 Å². The molecule has 0 amide bonds. The number of nitrogens with zero attached hydrogens (tertiary/aromatic N) is 1. The maximum absolute atomic E-state index is 12.3. The van der Waals surface area contributed by atoms with Gasteiger partial charge in [-0.1, -0.05) is 19.1 Å². The van der Waals surface area contributed by atoms with Crippen LogP contribution in [-0.4, -0.2) is 39.0 Å². The van der Waals surface area contributed by atoms with E-state index in [1.165, 1.54) is 18.2 Å². The number of alkyl halides is 3. The van der Waals surface area contributed by atoms with Crippen LogP contribution < -0.4 is 5.32 Å². The second-order valence-corrected chi connectivity index (χ2v) is 6.75. The van der Waals surface area contributed by atoms with Crippen LogP contribution in [-0.2, 0) is 16.6 Å². The fourth-order valence-corrected chi connectivity index (χ4v) is 2.97. The Morgan fingerprint density at radius 1 is 1.29 bits per heavy atom. The molecule has 1 N–H and O–H groups in total. The molecule has 1 rings (SSSR count). The van der Waals surface area contributed by atoms with Gasteiger partial charge in [-0.3, -0.25) is 0 Å². The Bertz CT molecular complexity index is 559. The predicted molar refractivity (Wildman–Crippen MR) is 74.3 cm³/mol. The van der Waals surface area contributed by atoms with Gasteiger partial charge in [-0.15, -0.1) is 0 Å². The molecule has 0 unspecified atom stereocenters. The first kappa shape index (κ1) is 17.9. The van der Waals surface area contributed by atoms with Crippen molar-refractivity contribution >= 4 is 10.0 Å². The van der Waals surface area contributed by atoms with Gasteiger partial charge in [-0.25, -0.2) is 8.42 Å². The van der Waals surface area contributed by atoms with Crippen molar-refractivity contribution in [2.75, 3.05) is 20.1 Å². The summed E-state index contributed by atoms with van der Waals surface area (Å²) in [6.45, 7) is 1.75. The molecule has 0 spiro atoms. The fraction of sp³-hybridized carbons (Fsp3) is 0.538. The third-order valence-corrected chi connectivity index (χ3v) is 4.56. The lowest BCUT2D eigenvalue weighted by molar-refractivity contribution is -0.134. The lowest BCUT2D eigenvalue weighted by Crippen LogP contribution is -2.35. The summed E-state index contributed by atoms with van der Waals surface area (Å²) >= 11 is 0. The van der Waals surface area contributed by atoms with Gasteiger partial charge in [0.05, 0.1) is 4.90 Å². The van der Waals surface area contributed by atoms with Crippen LogP contribution in [0.1, 0.15) is 18.9 Å². The highest BCUT2D eigenvalue weighted by Crippen LogP contribution is 2.21. The van der Waals surface area contributed by atoms with E-state index < -0.39 is 22.7 Å². The first-order chi connectivity index (χ1) is 9.66. The van der Waals surface area contributed by atoms with E-state index in [4.69, 9.17) is 0 Å². The Balaban J connectivity index is 2.90. The Hall–Kier alpha value is -1.12. The van der Waals surface area contributed by atoms with Crippen molar-refractivity contribution in [1.29, 1.82) is 0 Å². The molecule has 0 aliphatic heterocycles. The van der Waals surface area contributed by atoms with Gasteiger partial charge in [0.2, 0.25) is 10.0 Å². The van der Waals surface area contributed by atoms with E-state index in [0.717, 1.165) is 20.0 Å². The number of hydrogen-bond donors (Lipinski definition) is 1. The molecular formula is C13H19F3N2O2S. The third-order valence-electron chi connectivity index (χ3n) is 2.76. The molecule has 120 valence electrons. The smallest absolute Gasteiger partial charge is 0.313 e. The van der Waals surface area contributed by atoms with Gasteiger partial charge >= 0.3 is 6.18 Å². The van der Waals surface area contributed by atoms with Crippen molar-refractivity contribution < 1.29 is 21.6 Å². The molecule has 0 atom stereocenters. The van der Waals surface area contributed by atoms with Crippen LogP contribution in [0.4, 0.5) is 13.2 Å². The average molecular weight is 324 g/mol. The number of nitrogens with one attached hydrogen (secondary N) is 1. The van der Waals surface area contributed by atoms with Gasteiger partial charge in [-0.05, 0) is 30.7 Å². The summed E-state index contributed by atoms with van der Waals surface area (Å²) in [5, 5.41) is 3.11. The maximum atomic E-state index is 12.3. The van der Waals surface area contributed by atoms with Crippen LogP contribution in [0.15, 0.2) is 29.2 Å². The molecule has 0 aliphatic rings. The second kappa shape index (κ2) is 7.24. The molecule has 4 nitrogen and oxygen atoms in total. The number of halogens is 3. The molecule has 1 aromatic carbocycles. The molecule has 0 aliphatic carbocycles. The SMILES string of the molecule is CCCNCc1cccc(S(=O)(=O)N(C)CC(F)(F)F)c1. The van der Waals surface area contributed by atoms with E-state index in [0.29, 0.717) is 16.4 Å². The highest BCUT2D eigenvalue weighted by molar-refractivity contribution is 7.89. The summed E-state index contributed by atoms with van der Waals surface area (Å²) in [6, 6.07) is 5.94. The number of hydrogen-bond acceptors (Lipinski definition) is 3. The average Bonchev–Trinajstić information content (AvgIpc) is 2.37. The molecule has 0 bridgehead atoms. The quantitative estimate of drug-likeness (QED) is 0.784. The van der Waals surface area contributed by atoms with Gasteiger partial charge in [-0.2, -0.15) is 17.5 Å². The molecule has 21 heavy (non-hydrogen) atoms. The number of rotatable bonds is 7. The Labute approximate surface area is 123 Å². The summed E-state index contributed by atoms with van der Waals surface area (Å²) in [6.07, 6.45) is -3.63. The van der Waals surface area contributed by atoms with Crippen molar-refractivity contribution in [3.05, 3.63) is 29.8 Å². The molecule has 0 radical (unpaired) electrons. The lowest BCUT2D eigenvalue weighted by atomic mass is 10.2. The first-order valence-corrected chi connectivity index (χ1v) is 7.93. The monoisotopic (exact) mass is 324 g/mol. The molecule has 1 aromatic rings. The van der Waals surface area contributed by atoms with Crippen molar-refractivity contribution in [2.45, 2.75) is 31.0 Å². The van der Waals surface area contributed by atoms with Crippen LogP contribution in [0.5, 0.6) is 0 Å². The zero-order valence-electron chi connectivity index (χ0n) is 11.9. The zero-order valence-corrected chi connectivity index (χ0v) is 12.8. The highest BCUT2D eigenvalue weighted by atomic mass is 32.2. The normalized spacial score (nSPS) is 12.9. The predicted octanol–water partition coefficient (Wildman–Crippen LogP) is 2.37. The van der Waals surface area contributed by atoms with Crippen molar-refractivity contribution in [3.8, 4) is 0 Å². The summed E-state index contributed by atoms with van der Waals surface area (Å²) in [5.74, 6) is 0. The Kier molecular flexibility index (Phi) is 6.18. The first-order valence-electron chi connectivity index (χ1n) is 6.49. The third kappa shape index (κ3) is 5.64. The molecular weight excluding hydrogens is 305 g/mol. The minimum atomic E-state index is -4.57. The van der Waals surface area contributed by atoms with E-state index in [1.807, 2.05) is 6.92 Å². The van der Waals surface area contributed by atoms with Crippen molar-refractivity contribution in [2.24, 2.45) is 0 Å².